The number of benzene rings is 2. The molecule has 2 heterocycles. The molecule has 178 valence electrons. The molecule has 9 heteroatoms. The molecule has 2 aliphatic rings. The van der Waals surface area contributed by atoms with Gasteiger partial charge in [0, 0.05) is 29.6 Å². The largest absolute Gasteiger partial charge is 0.379 e. The fraction of sp³-hybridized carbons (Fsp3) is 0.360. The van der Waals surface area contributed by atoms with Gasteiger partial charge >= 0.3 is 0 Å². The van der Waals surface area contributed by atoms with Gasteiger partial charge in [-0.25, -0.2) is 13.4 Å². The van der Waals surface area contributed by atoms with Crippen LogP contribution in [-0.2, 0) is 27.6 Å². The number of hydrogen-bond donors (Lipinski definition) is 1. The Balaban J connectivity index is 1.35. The summed E-state index contributed by atoms with van der Waals surface area (Å²) in [7, 11) is -3.69. The molecule has 1 aromatic heterocycles. The Morgan fingerprint density at radius 2 is 1.82 bits per heavy atom. The molecule has 0 bridgehead atoms. The molecule has 34 heavy (non-hydrogen) atoms. The molecule has 1 amide bonds. The van der Waals surface area contributed by atoms with E-state index >= 15 is 0 Å². The summed E-state index contributed by atoms with van der Waals surface area (Å²) < 4.78 is 32.7. The van der Waals surface area contributed by atoms with Crippen molar-refractivity contribution in [3.8, 4) is 11.3 Å². The normalized spacial score (nSPS) is 16.7. The quantitative estimate of drug-likeness (QED) is 0.569. The van der Waals surface area contributed by atoms with E-state index in [9.17, 15) is 13.2 Å². The Bertz CT molecular complexity index is 1330. The standard InChI is InChI=1S/C25H27N3O4S2/c1-17-6-9-21(34(30,31)28-10-12-32-13-11-28)15-22(17)24(29)27-25-26-23(16-33-25)20-8-7-18-4-2-3-5-19(18)14-20/h6-9,14-16H,2-5,10-13H2,1H3,(H,26,27,29). The van der Waals surface area contributed by atoms with Crippen molar-refractivity contribution >= 4 is 32.4 Å². The van der Waals surface area contributed by atoms with Crippen LogP contribution in [0.2, 0.25) is 0 Å². The van der Waals surface area contributed by atoms with Crippen LogP contribution in [0.3, 0.4) is 0 Å². The SMILES string of the molecule is Cc1ccc(S(=O)(=O)N2CCOCC2)cc1C(=O)Nc1nc(-c2ccc3c(c2)CCCC3)cs1. The van der Waals surface area contributed by atoms with E-state index in [-0.39, 0.29) is 10.8 Å². The smallest absolute Gasteiger partial charge is 0.257 e. The summed E-state index contributed by atoms with van der Waals surface area (Å²) in [5.74, 6) is -0.372. The highest BCUT2D eigenvalue weighted by molar-refractivity contribution is 7.89. The van der Waals surface area contributed by atoms with E-state index in [2.05, 4.69) is 28.5 Å². The molecular formula is C25H27N3O4S2. The lowest BCUT2D eigenvalue weighted by molar-refractivity contribution is 0.0730. The number of hydrogen-bond acceptors (Lipinski definition) is 6. The van der Waals surface area contributed by atoms with Gasteiger partial charge in [0.05, 0.1) is 23.8 Å². The van der Waals surface area contributed by atoms with Crippen LogP contribution in [0.25, 0.3) is 11.3 Å². The van der Waals surface area contributed by atoms with E-state index in [4.69, 9.17) is 4.74 Å². The molecule has 3 aromatic rings. The van der Waals surface area contributed by atoms with Gasteiger partial charge < -0.3 is 4.74 Å². The lowest BCUT2D eigenvalue weighted by atomic mass is 9.90. The summed E-state index contributed by atoms with van der Waals surface area (Å²) >= 11 is 1.36. The lowest BCUT2D eigenvalue weighted by Gasteiger charge is -2.26. The number of ether oxygens (including phenoxy) is 1. The number of fused-ring (bicyclic) bond motifs is 1. The Hall–Kier alpha value is -2.59. The van der Waals surface area contributed by atoms with Crippen LogP contribution in [0.5, 0.6) is 0 Å². The molecule has 0 spiro atoms. The second-order valence-electron chi connectivity index (χ2n) is 8.68. The lowest BCUT2D eigenvalue weighted by Crippen LogP contribution is -2.40. The molecule has 1 N–H and O–H groups in total. The van der Waals surface area contributed by atoms with Crippen LogP contribution in [-0.4, -0.2) is 49.9 Å². The fourth-order valence-electron chi connectivity index (χ4n) is 4.46. The molecule has 5 rings (SSSR count). The topological polar surface area (TPSA) is 88.6 Å². The number of aryl methyl sites for hydroxylation is 3. The van der Waals surface area contributed by atoms with Gasteiger partial charge in [-0.05, 0) is 67.5 Å². The van der Waals surface area contributed by atoms with E-state index in [0.717, 1.165) is 24.1 Å². The van der Waals surface area contributed by atoms with E-state index in [1.807, 2.05) is 5.38 Å². The minimum atomic E-state index is -3.69. The van der Waals surface area contributed by atoms with Crippen molar-refractivity contribution in [1.29, 1.82) is 0 Å². The molecule has 0 unspecified atom stereocenters. The number of sulfonamides is 1. The molecule has 1 aliphatic carbocycles. The van der Waals surface area contributed by atoms with Crippen molar-refractivity contribution < 1.29 is 17.9 Å². The Kier molecular flexibility index (Phi) is 6.52. The number of carbonyl (C=O) groups is 1. The summed E-state index contributed by atoms with van der Waals surface area (Å²) in [6, 6.07) is 11.2. The van der Waals surface area contributed by atoms with Crippen molar-refractivity contribution in [1.82, 2.24) is 9.29 Å². The molecule has 1 fully saturated rings. The van der Waals surface area contributed by atoms with Gasteiger partial charge in [0.2, 0.25) is 10.0 Å². The Morgan fingerprint density at radius 3 is 2.62 bits per heavy atom. The molecular weight excluding hydrogens is 470 g/mol. The van der Waals surface area contributed by atoms with E-state index in [0.29, 0.717) is 42.6 Å². The predicted molar refractivity (Wildman–Crippen MR) is 133 cm³/mol. The van der Waals surface area contributed by atoms with Crippen molar-refractivity contribution in [2.75, 3.05) is 31.6 Å². The van der Waals surface area contributed by atoms with Gasteiger partial charge in [-0.15, -0.1) is 11.3 Å². The average molecular weight is 498 g/mol. The zero-order valence-electron chi connectivity index (χ0n) is 19.0. The van der Waals surface area contributed by atoms with Gasteiger partial charge in [-0.3, -0.25) is 10.1 Å². The first-order valence-corrected chi connectivity index (χ1v) is 13.8. The third-order valence-corrected chi connectivity index (χ3v) is 9.08. The number of thiazole rings is 1. The number of nitrogens with one attached hydrogen (secondary N) is 1. The first kappa shape index (κ1) is 23.2. The van der Waals surface area contributed by atoms with E-state index in [1.54, 1.807) is 19.1 Å². The summed E-state index contributed by atoms with van der Waals surface area (Å²) in [4.78, 5) is 17.8. The first-order valence-electron chi connectivity index (χ1n) is 11.5. The number of anilines is 1. The van der Waals surface area contributed by atoms with Gasteiger partial charge in [-0.1, -0.05) is 18.2 Å². The molecule has 7 nitrogen and oxygen atoms in total. The highest BCUT2D eigenvalue weighted by Gasteiger charge is 2.27. The van der Waals surface area contributed by atoms with Crippen molar-refractivity contribution in [3.63, 3.8) is 0 Å². The molecule has 0 radical (unpaired) electrons. The zero-order valence-corrected chi connectivity index (χ0v) is 20.7. The minimum absolute atomic E-state index is 0.110. The van der Waals surface area contributed by atoms with Crippen molar-refractivity contribution in [2.45, 2.75) is 37.5 Å². The van der Waals surface area contributed by atoms with Gasteiger partial charge in [0.1, 0.15) is 0 Å². The van der Waals surface area contributed by atoms with Gasteiger partial charge in [-0.2, -0.15) is 4.31 Å². The summed E-state index contributed by atoms with van der Waals surface area (Å²) in [5.41, 5.74) is 5.70. The summed E-state index contributed by atoms with van der Waals surface area (Å²) in [5, 5.41) is 5.27. The first-order chi connectivity index (χ1) is 16.4. The maximum absolute atomic E-state index is 13.1. The average Bonchev–Trinajstić information content (AvgIpc) is 3.33. The second-order valence-corrected chi connectivity index (χ2v) is 11.5. The van der Waals surface area contributed by atoms with Gasteiger partial charge in [0.15, 0.2) is 5.13 Å². The molecule has 2 aromatic carbocycles. The molecule has 0 atom stereocenters. The van der Waals surface area contributed by atoms with Crippen molar-refractivity contribution in [3.05, 3.63) is 64.0 Å². The van der Waals surface area contributed by atoms with Crippen LogP contribution in [0.15, 0.2) is 46.7 Å². The maximum Gasteiger partial charge on any atom is 0.257 e. The van der Waals surface area contributed by atoms with E-state index in [1.165, 1.54) is 45.7 Å². The van der Waals surface area contributed by atoms with Gasteiger partial charge in [0.25, 0.3) is 5.91 Å². The number of carbonyl (C=O) groups excluding carboxylic acids is 1. The number of aromatic nitrogens is 1. The summed E-state index contributed by atoms with van der Waals surface area (Å²) in [6.07, 6.45) is 4.69. The zero-order chi connectivity index (χ0) is 23.7. The van der Waals surface area contributed by atoms with Crippen LogP contribution in [0.1, 0.15) is 39.9 Å². The van der Waals surface area contributed by atoms with Crippen LogP contribution < -0.4 is 5.32 Å². The molecule has 1 saturated heterocycles. The van der Waals surface area contributed by atoms with E-state index < -0.39 is 10.0 Å². The van der Waals surface area contributed by atoms with Crippen LogP contribution in [0.4, 0.5) is 5.13 Å². The molecule has 0 saturated carbocycles. The Morgan fingerprint density at radius 1 is 1.06 bits per heavy atom. The number of rotatable bonds is 5. The maximum atomic E-state index is 13.1. The minimum Gasteiger partial charge on any atom is -0.379 e. The fourth-order valence-corrected chi connectivity index (χ4v) is 6.61. The number of nitrogens with zero attached hydrogens (tertiary/aromatic N) is 2. The monoisotopic (exact) mass is 497 g/mol. The number of morpholine rings is 1. The highest BCUT2D eigenvalue weighted by atomic mass is 32.2. The third kappa shape index (κ3) is 4.65. The van der Waals surface area contributed by atoms with Crippen LogP contribution >= 0.6 is 11.3 Å². The highest BCUT2D eigenvalue weighted by Crippen LogP contribution is 2.30. The van der Waals surface area contributed by atoms with Crippen LogP contribution in [0, 0.1) is 6.92 Å². The van der Waals surface area contributed by atoms with Crippen molar-refractivity contribution in [2.24, 2.45) is 0 Å². The third-order valence-electron chi connectivity index (χ3n) is 6.43. The Labute approximate surface area is 203 Å². The molecule has 1 aliphatic heterocycles. The summed E-state index contributed by atoms with van der Waals surface area (Å²) in [6.45, 7) is 3.15. The predicted octanol–water partition coefficient (Wildman–Crippen LogP) is 4.27. The second kappa shape index (κ2) is 9.58. The number of amides is 1.